The van der Waals surface area contributed by atoms with Crippen molar-refractivity contribution in [3.63, 3.8) is 0 Å². The summed E-state index contributed by atoms with van der Waals surface area (Å²) in [4.78, 5) is 37.9. The van der Waals surface area contributed by atoms with Gasteiger partial charge in [0.1, 0.15) is 13.2 Å². The number of hydrogen-bond acceptors (Lipinski definition) is 6. The summed E-state index contributed by atoms with van der Waals surface area (Å²) in [5.74, 6) is -0.940. The molecule has 1 unspecified atom stereocenters. The van der Waals surface area contributed by atoms with Gasteiger partial charge in [0.2, 0.25) is 0 Å². The first-order valence-corrected chi connectivity index (χ1v) is 25.2. The van der Waals surface area contributed by atoms with Gasteiger partial charge in [0.25, 0.3) is 0 Å². The maximum absolute atomic E-state index is 12.8. The van der Waals surface area contributed by atoms with E-state index in [1.165, 1.54) is 128 Å². The Morgan fingerprint density at radius 1 is 0.339 bits per heavy atom. The number of rotatable bonds is 45. The molecule has 0 aliphatic rings. The molecule has 0 aliphatic heterocycles. The molecule has 1 atom stereocenters. The van der Waals surface area contributed by atoms with Gasteiger partial charge in [0.05, 0.1) is 0 Å². The van der Waals surface area contributed by atoms with Crippen molar-refractivity contribution in [1.29, 1.82) is 0 Å². The average Bonchev–Trinajstić information content (AvgIpc) is 3.23. The average molecular weight is 827 g/mol. The van der Waals surface area contributed by atoms with Crippen molar-refractivity contribution in [2.75, 3.05) is 13.2 Å². The molecule has 0 fully saturated rings. The third-order valence-corrected chi connectivity index (χ3v) is 10.9. The lowest BCUT2D eigenvalue weighted by Crippen LogP contribution is -2.30. The van der Waals surface area contributed by atoms with Gasteiger partial charge in [-0.3, -0.25) is 14.4 Å². The standard InChI is InChI=1S/C53H94O6/c1-4-7-10-13-16-19-22-24-26-27-29-31-34-37-40-43-46-52(55)58-49-50(48-57-51(54)45-42-39-36-33-30-21-18-15-12-9-6-3)59-53(56)47-44-41-38-35-32-28-25-23-20-17-14-11-8-5-2/h15,18,21,26-27,29-31,50H,4-14,16-17,19-20,22-25,28,32-49H2,1-3H3/b18-15-,27-26-,30-21-,31-29-. The third kappa shape index (κ3) is 46.3. The van der Waals surface area contributed by atoms with Gasteiger partial charge in [-0.25, -0.2) is 0 Å². The summed E-state index contributed by atoms with van der Waals surface area (Å²) in [5.41, 5.74) is 0. The second-order valence-electron chi connectivity index (χ2n) is 16.8. The molecule has 0 N–H and O–H groups in total. The number of ether oxygens (including phenoxy) is 3. The monoisotopic (exact) mass is 827 g/mol. The Hall–Kier alpha value is -2.63. The molecule has 0 bridgehead atoms. The summed E-state index contributed by atoms with van der Waals surface area (Å²) in [6.45, 7) is 6.54. The predicted octanol–water partition coefficient (Wildman–Crippen LogP) is 16.3. The zero-order chi connectivity index (χ0) is 43.0. The summed E-state index contributed by atoms with van der Waals surface area (Å²) in [6.07, 6.45) is 56.7. The molecule has 0 aromatic carbocycles. The van der Waals surface area contributed by atoms with Gasteiger partial charge in [-0.2, -0.15) is 0 Å². The van der Waals surface area contributed by atoms with Crippen molar-refractivity contribution in [2.45, 2.75) is 258 Å². The quantitative estimate of drug-likeness (QED) is 0.0263. The molecule has 0 aromatic rings. The van der Waals surface area contributed by atoms with Crippen LogP contribution in [0.3, 0.4) is 0 Å². The molecule has 0 saturated carbocycles. The summed E-state index contributed by atoms with van der Waals surface area (Å²) in [6, 6.07) is 0. The maximum Gasteiger partial charge on any atom is 0.306 e. The molecule has 0 aliphatic carbocycles. The molecular weight excluding hydrogens is 733 g/mol. The van der Waals surface area contributed by atoms with Crippen LogP contribution >= 0.6 is 0 Å². The molecule has 0 aromatic heterocycles. The highest BCUT2D eigenvalue weighted by molar-refractivity contribution is 5.71. The molecular formula is C53H94O6. The van der Waals surface area contributed by atoms with Gasteiger partial charge < -0.3 is 14.2 Å². The Balaban J connectivity index is 4.42. The minimum Gasteiger partial charge on any atom is -0.462 e. The predicted molar refractivity (Wildman–Crippen MR) is 252 cm³/mol. The Kier molecular flexibility index (Phi) is 45.9. The summed E-state index contributed by atoms with van der Waals surface area (Å²) < 4.78 is 16.7. The number of allylic oxidation sites excluding steroid dienone is 8. The second kappa shape index (κ2) is 48.0. The number of unbranched alkanes of at least 4 members (excludes halogenated alkanes) is 28. The molecule has 342 valence electrons. The van der Waals surface area contributed by atoms with E-state index in [9.17, 15) is 14.4 Å². The van der Waals surface area contributed by atoms with E-state index >= 15 is 0 Å². The Morgan fingerprint density at radius 3 is 0.966 bits per heavy atom. The van der Waals surface area contributed by atoms with Crippen LogP contribution in [0.5, 0.6) is 0 Å². The zero-order valence-corrected chi connectivity index (χ0v) is 39.0. The van der Waals surface area contributed by atoms with Crippen LogP contribution in [0.4, 0.5) is 0 Å². The van der Waals surface area contributed by atoms with Crippen LogP contribution in [-0.4, -0.2) is 37.2 Å². The van der Waals surface area contributed by atoms with Crippen molar-refractivity contribution in [1.82, 2.24) is 0 Å². The minimum atomic E-state index is -0.790. The molecule has 6 nitrogen and oxygen atoms in total. The van der Waals surface area contributed by atoms with Crippen LogP contribution in [0.25, 0.3) is 0 Å². The molecule has 0 radical (unpaired) electrons. The van der Waals surface area contributed by atoms with Crippen molar-refractivity contribution < 1.29 is 28.6 Å². The number of carbonyl (C=O) groups excluding carboxylic acids is 3. The molecule has 0 saturated heterocycles. The first-order valence-electron chi connectivity index (χ1n) is 25.2. The van der Waals surface area contributed by atoms with E-state index in [0.717, 1.165) is 83.5 Å². The first-order chi connectivity index (χ1) is 29.0. The van der Waals surface area contributed by atoms with Crippen molar-refractivity contribution in [2.24, 2.45) is 0 Å². The van der Waals surface area contributed by atoms with E-state index in [2.05, 4.69) is 69.4 Å². The van der Waals surface area contributed by atoms with Gasteiger partial charge in [0.15, 0.2) is 6.10 Å². The van der Waals surface area contributed by atoms with E-state index in [4.69, 9.17) is 14.2 Å². The van der Waals surface area contributed by atoms with E-state index in [0.29, 0.717) is 19.3 Å². The van der Waals surface area contributed by atoms with Gasteiger partial charge >= 0.3 is 17.9 Å². The summed E-state index contributed by atoms with van der Waals surface area (Å²) >= 11 is 0. The van der Waals surface area contributed by atoms with Gasteiger partial charge in [0, 0.05) is 19.3 Å². The number of esters is 3. The van der Waals surface area contributed by atoms with Crippen LogP contribution in [0, 0.1) is 0 Å². The largest absolute Gasteiger partial charge is 0.462 e. The fraction of sp³-hybridized carbons (Fsp3) is 0.792. The third-order valence-electron chi connectivity index (χ3n) is 10.9. The maximum atomic E-state index is 12.8. The fourth-order valence-electron chi connectivity index (χ4n) is 7.00. The number of hydrogen-bond donors (Lipinski definition) is 0. The van der Waals surface area contributed by atoms with Gasteiger partial charge in [-0.1, -0.05) is 217 Å². The van der Waals surface area contributed by atoms with Gasteiger partial charge in [-0.15, -0.1) is 0 Å². The highest BCUT2D eigenvalue weighted by Gasteiger charge is 2.19. The Bertz CT molecular complexity index is 1040. The number of carbonyl (C=O) groups is 3. The van der Waals surface area contributed by atoms with Crippen LogP contribution in [0.1, 0.15) is 252 Å². The van der Waals surface area contributed by atoms with E-state index < -0.39 is 6.10 Å². The molecule has 0 spiro atoms. The van der Waals surface area contributed by atoms with E-state index in [1.54, 1.807) is 0 Å². The smallest absolute Gasteiger partial charge is 0.306 e. The summed E-state index contributed by atoms with van der Waals surface area (Å²) in [7, 11) is 0. The van der Waals surface area contributed by atoms with Crippen molar-refractivity contribution in [3.8, 4) is 0 Å². The Morgan fingerprint density at radius 2 is 0.610 bits per heavy atom. The minimum absolute atomic E-state index is 0.0935. The SMILES string of the molecule is CCCC/C=C\C=C/CCCCCC(=O)OCC(COC(=O)CCCCC/C=C\C=C/CCCCCCCCC)OC(=O)CCCCCCCCCCCCCCCC. The van der Waals surface area contributed by atoms with Crippen LogP contribution < -0.4 is 0 Å². The highest BCUT2D eigenvalue weighted by Crippen LogP contribution is 2.15. The summed E-state index contributed by atoms with van der Waals surface area (Å²) in [5, 5.41) is 0. The molecule has 6 heteroatoms. The van der Waals surface area contributed by atoms with Gasteiger partial charge in [-0.05, 0) is 64.2 Å². The van der Waals surface area contributed by atoms with Crippen molar-refractivity contribution >= 4 is 17.9 Å². The lowest BCUT2D eigenvalue weighted by atomic mass is 10.0. The molecule has 0 rings (SSSR count). The van der Waals surface area contributed by atoms with Crippen LogP contribution in [-0.2, 0) is 28.6 Å². The first kappa shape index (κ1) is 56.4. The molecule has 0 amide bonds. The lowest BCUT2D eigenvalue weighted by molar-refractivity contribution is -0.167. The second-order valence-corrected chi connectivity index (χ2v) is 16.8. The lowest BCUT2D eigenvalue weighted by Gasteiger charge is -2.18. The van der Waals surface area contributed by atoms with E-state index in [-0.39, 0.29) is 31.1 Å². The Labute approximate surface area is 365 Å². The van der Waals surface area contributed by atoms with E-state index in [1.807, 2.05) is 0 Å². The van der Waals surface area contributed by atoms with Crippen LogP contribution in [0.15, 0.2) is 48.6 Å². The normalized spacial score (nSPS) is 12.4. The molecule has 0 heterocycles. The van der Waals surface area contributed by atoms with Crippen molar-refractivity contribution in [3.05, 3.63) is 48.6 Å². The van der Waals surface area contributed by atoms with Crippen LogP contribution in [0.2, 0.25) is 0 Å². The molecule has 59 heavy (non-hydrogen) atoms. The fourth-order valence-corrected chi connectivity index (χ4v) is 7.00. The zero-order valence-electron chi connectivity index (χ0n) is 39.0. The highest BCUT2D eigenvalue weighted by atomic mass is 16.6. The topological polar surface area (TPSA) is 78.9 Å².